The van der Waals surface area contributed by atoms with Gasteiger partial charge < -0.3 is 0 Å². The van der Waals surface area contributed by atoms with Crippen LogP contribution in [0.4, 0.5) is 0 Å². The van der Waals surface area contributed by atoms with Crippen molar-refractivity contribution >= 4 is 17.2 Å². The van der Waals surface area contributed by atoms with E-state index in [0.717, 1.165) is 24.8 Å². The predicted molar refractivity (Wildman–Crippen MR) is 67.1 cm³/mol. The van der Waals surface area contributed by atoms with Crippen LogP contribution >= 0.6 is 17.2 Å². The molecule has 0 heterocycles. The molecule has 0 radical (unpaired) electrons. The van der Waals surface area contributed by atoms with E-state index in [9.17, 15) is 0 Å². The molecule has 0 aromatic carbocycles. The first-order valence-corrected chi connectivity index (χ1v) is 9.21. The van der Waals surface area contributed by atoms with Crippen molar-refractivity contribution in [1.29, 1.82) is 0 Å². The summed E-state index contributed by atoms with van der Waals surface area (Å²) in [5.41, 5.74) is 0. The minimum atomic E-state index is -2.04. The molecule has 0 saturated carbocycles. The first kappa shape index (κ1) is 14.6. The van der Waals surface area contributed by atoms with Crippen LogP contribution in [0.1, 0.15) is 20.8 Å². The molecule has 0 rings (SSSR count). The first-order chi connectivity index (χ1) is 6.54. The molecule has 0 aromatic heterocycles. The zero-order valence-corrected chi connectivity index (χ0v) is 11.5. The van der Waals surface area contributed by atoms with Crippen molar-refractivity contribution < 1.29 is 9.47 Å². The van der Waals surface area contributed by atoms with Gasteiger partial charge in [-0.1, -0.05) is 0 Å². The number of ether oxygens (including phenoxy) is 2. The molecule has 0 bridgehead atoms. The van der Waals surface area contributed by atoms with Crippen molar-refractivity contribution in [3.8, 4) is 0 Å². The minimum absolute atomic E-state index is 0.653. The van der Waals surface area contributed by atoms with Crippen LogP contribution in [-0.4, -0.2) is 45.2 Å². The van der Waals surface area contributed by atoms with E-state index in [4.69, 9.17) is 20.7 Å². The van der Waals surface area contributed by atoms with Crippen molar-refractivity contribution in [1.82, 2.24) is 0 Å². The van der Waals surface area contributed by atoms with Gasteiger partial charge in [-0.05, 0) is 0 Å². The third kappa shape index (κ3) is 4.02. The van der Waals surface area contributed by atoms with Crippen LogP contribution in [-0.2, 0) is 9.47 Å². The van der Waals surface area contributed by atoms with Crippen molar-refractivity contribution in [3.05, 3.63) is 0 Å². The monoisotopic (exact) mass is 242 g/mol. The molecule has 4 heteroatoms. The van der Waals surface area contributed by atoms with Gasteiger partial charge in [-0.3, -0.25) is 0 Å². The van der Waals surface area contributed by atoms with Gasteiger partial charge in [0, 0.05) is 0 Å². The Kier molecular flexibility index (Phi) is 6.56. The normalized spacial score (nSPS) is 15.1. The maximum atomic E-state index is 6.79. The average molecular weight is 243 g/mol. The standard InChI is InChI=1S/C10H24ClO2P/c1-5-14(11,6-2,7-3)10-13-9-8-12-4/h5-10H2,1-4H3. The van der Waals surface area contributed by atoms with E-state index in [1.54, 1.807) is 7.11 Å². The summed E-state index contributed by atoms with van der Waals surface area (Å²) in [5, 5.41) is 0. The van der Waals surface area contributed by atoms with Crippen LogP contribution in [0.2, 0.25) is 0 Å². The summed E-state index contributed by atoms with van der Waals surface area (Å²) in [5.74, 6) is -2.04. The third-order valence-corrected chi connectivity index (χ3v) is 11.2. The molecule has 2 nitrogen and oxygen atoms in total. The Morgan fingerprint density at radius 2 is 1.50 bits per heavy atom. The summed E-state index contributed by atoms with van der Waals surface area (Å²) in [6, 6.07) is 0. The maximum absolute atomic E-state index is 6.79. The number of methoxy groups -OCH3 is 1. The fourth-order valence-corrected chi connectivity index (χ4v) is 4.06. The molecule has 0 saturated heterocycles. The summed E-state index contributed by atoms with van der Waals surface area (Å²) in [4.78, 5) is 0. The van der Waals surface area contributed by atoms with E-state index in [1.807, 2.05) is 0 Å². The van der Waals surface area contributed by atoms with E-state index in [-0.39, 0.29) is 0 Å². The zero-order valence-electron chi connectivity index (χ0n) is 9.88. The van der Waals surface area contributed by atoms with E-state index in [0.29, 0.717) is 13.2 Å². The summed E-state index contributed by atoms with van der Waals surface area (Å²) < 4.78 is 10.6. The molecule has 0 aromatic rings. The SMILES string of the molecule is CCP(Cl)(CC)(CC)COCCOC. The van der Waals surface area contributed by atoms with E-state index in [2.05, 4.69) is 20.8 Å². The molecule has 0 aliphatic rings. The molecule has 0 aliphatic heterocycles. The first-order valence-electron chi connectivity index (χ1n) is 5.33. The Hall–Kier alpha value is 0.640. The Morgan fingerprint density at radius 3 is 1.86 bits per heavy atom. The summed E-state index contributed by atoms with van der Waals surface area (Å²) in [7, 11) is 1.68. The molecule has 0 unspecified atom stereocenters. The molecule has 0 amide bonds. The van der Waals surface area contributed by atoms with Gasteiger partial charge in [-0.25, -0.2) is 0 Å². The van der Waals surface area contributed by atoms with Gasteiger partial charge in [0.25, 0.3) is 0 Å². The van der Waals surface area contributed by atoms with Crippen LogP contribution in [0.15, 0.2) is 0 Å². The Labute approximate surface area is 93.0 Å². The van der Waals surface area contributed by atoms with Gasteiger partial charge in [-0.15, -0.1) is 0 Å². The number of hydrogen-bond acceptors (Lipinski definition) is 2. The van der Waals surface area contributed by atoms with Crippen molar-refractivity contribution in [3.63, 3.8) is 0 Å². The predicted octanol–water partition coefficient (Wildman–Crippen LogP) is 3.37. The summed E-state index contributed by atoms with van der Waals surface area (Å²) in [6.45, 7) is 7.84. The summed E-state index contributed by atoms with van der Waals surface area (Å²) in [6.07, 6.45) is 3.92. The molecule has 0 aliphatic carbocycles. The van der Waals surface area contributed by atoms with E-state index < -0.39 is 5.96 Å². The number of halogens is 1. The second-order valence-corrected chi connectivity index (χ2v) is 12.5. The molecule has 0 atom stereocenters. The summed E-state index contributed by atoms with van der Waals surface area (Å²) >= 11 is 6.79. The number of hydrogen-bond donors (Lipinski definition) is 0. The van der Waals surface area contributed by atoms with Gasteiger partial charge in [-0.2, -0.15) is 0 Å². The fraction of sp³-hybridized carbons (Fsp3) is 1.00. The van der Waals surface area contributed by atoms with Gasteiger partial charge in [0.15, 0.2) is 0 Å². The molecular weight excluding hydrogens is 219 g/mol. The molecule has 0 spiro atoms. The topological polar surface area (TPSA) is 18.5 Å². The van der Waals surface area contributed by atoms with Crippen LogP contribution < -0.4 is 0 Å². The van der Waals surface area contributed by atoms with E-state index in [1.165, 1.54) is 0 Å². The van der Waals surface area contributed by atoms with Crippen LogP contribution in [0.3, 0.4) is 0 Å². The van der Waals surface area contributed by atoms with Crippen molar-refractivity contribution in [2.45, 2.75) is 20.8 Å². The third-order valence-electron chi connectivity index (χ3n) is 3.22. The Bertz CT molecular complexity index is 149. The quantitative estimate of drug-likeness (QED) is 0.480. The molecule has 0 fully saturated rings. The van der Waals surface area contributed by atoms with Crippen LogP contribution in [0, 0.1) is 0 Å². The van der Waals surface area contributed by atoms with Crippen LogP contribution in [0.5, 0.6) is 0 Å². The van der Waals surface area contributed by atoms with Gasteiger partial charge in [0.1, 0.15) is 0 Å². The molecular formula is C10H24ClO2P. The van der Waals surface area contributed by atoms with Crippen molar-refractivity contribution in [2.24, 2.45) is 0 Å². The number of rotatable bonds is 8. The van der Waals surface area contributed by atoms with Gasteiger partial charge >= 0.3 is 92.6 Å². The fourth-order valence-electron chi connectivity index (χ4n) is 1.38. The molecule has 14 heavy (non-hydrogen) atoms. The molecule has 0 N–H and O–H groups in total. The van der Waals surface area contributed by atoms with Gasteiger partial charge in [0.2, 0.25) is 0 Å². The second kappa shape index (κ2) is 6.27. The Balaban J connectivity index is 4.10. The van der Waals surface area contributed by atoms with Crippen molar-refractivity contribution in [2.75, 3.05) is 45.2 Å². The average Bonchev–Trinajstić information content (AvgIpc) is 2.25. The second-order valence-electron chi connectivity index (χ2n) is 3.80. The molecule has 88 valence electrons. The zero-order chi connectivity index (χ0) is 11.1. The van der Waals surface area contributed by atoms with E-state index >= 15 is 0 Å². The van der Waals surface area contributed by atoms with Gasteiger partial charge in [0.05, 0.1) is 0 Å². The van der Waals surface area contributed by atoms with Crippen LogP contribution in [0.25, 0.3) is 0 Å². The Morgan fingerprint density at radius 1 is 1.00 bits per heavy atom.